The highest BCUT2D eigenvalue weighted by Gasteiger charge is 2.14. The molecule has 0 radical (unpaired) electrons. The largest absolute Gasteiger partial charge is 0.493 e. The molecule has 7 heteroatoms. The van der Waals surface area contributed by atoms with Gasteiger partial charge in [0.1, 0.15) is 0 Å². The van der Waals surface area contributed by atoms with Crippen molar-refractivity contribution in [1.82, 2.24) is 5.32 Å². The number of carbonyl (C=O) groups excluding carboxylic acids is 2. The molecule has 1 amide bonds. The summed E-state index contributed by atoms with van der Waals surface area (Å²) in [4.78, 5) is 22.8. The van der Waals surface area contributed by atoms with Gasteiger partial charge in [0.15, 0.2) is 11.5 Å². The standard InChI is InChI=1S/C15H21NO6/c1-19-11-7-10(8-12(20-2)15(11)22-4)9-13(17)16-6-5-14(18)21-3/h7-8H,5-6,9H2,1-4H3,(H,16,17). The number of rotatable bonds is 8. The Morgan fingerprint density at radius 1 is 1.00 bits per heavy atom. The zero-order valence-corrected chi connectivity index (χ0v) is 13.2. The maximum Gasteiger partial charge on any atom is 0.307 e. The van der Waals surface area contributed by atoms with Crippen molar-refractivity contribution in [2.75, 3.05) is 35.0 Å². The van der Waals surface area contributed by atoms with Crippen molar-refractivity contribution in [1.29, 1.82) is 0 Å². The van der Waals surface area contributed by atoms with E-state index in [4.69, 9.17) is 14.2 Å². The van der Waals surface area contributed by atoms with Crippen LogP contribution in [0.3, 0.4) is 0 Å². The molecule has 1 aromatic rings. The summed E-state index contributed by atoms with van der Waals surface area (Å²) in [6, 6.07) is 3.42. The van der Waals surface area contributed by atoms with Gasteiger partial charge in [-0.05, 0) is 17.7 Å². The molecule has 0 saturated carbocycles. The van der Waals surface area contributed by atoms with Gasteiger partial charge in [-0.3, -0.25) is 9.59 Å². The lowest BCUT2D eigenvalue weighted by Crippen LogP contribution is -2.27. The number of amides is 1. The van der Waals surface area contributed by atoms with E-state index in [2.05, 4.69) is 10.1 Å². The molecule has 0 heterocycles. The smallest absolute Gasteiger partial charge is 0.307 e. The van der Waals surface area contributed by atoms with Crippen molar-refractivity contribution in [3.05, 3.63) is 17.7 Å². The van der Waals surface area contributed by atoms with Crippen LogP contribution in [0, 0.1) is 0 Å². The molecule has 0 atom stereocenters. The van der Waals surface area contributed by atoms with E-state index in [1.807, 2.05) is 0 Å². The van der Waals surface area contributed by atoms with Gasteiger partial charge in [-0.1, -0.05) is 0 Å². The number of hydrogen-bond donors (Lipinski definition) is 1. The van der Waals surface area contributed by atoms with Crippen LogP contribution >= 0.6 is 0 Å². The summed E-state index contributed by atoms with van der Waals surface area (Å²) in [5.41, 5.74) is 0.713. The highest BCUT2D eigenvalue weighted by molar-refractivity contribution is 5.79. The predicted molar refractivity (Wildman–Crippen MR) is 79.4 cm³/mol. The van der Waals surface area contributed by atoms with Crippen LogP contribution < -0.4 is 19.5 Å². The summed E-state index contributed by atoms with van der Waals surface area (Å²) in [5.74, 6) is 0.865. The molecule has 0 unspecified atom stereocenters. The molecule has 0 aliphatic carbocycles. The van der Waals surface area contributed by atoms with E-state index in [1.165, 1.54) is 28.4 Å². The maximum atomic E-state index is 11.9. The maximum absolute atomic E-state index is 11.9. The van der Waals surface area contributed by atoms with Gasteiger partial charge in [-0.15, -0.1) is 0 Å². The number of hydrogen-bond acceptors (Lipinski definition) is 6. The summed E-state index contributed by atoms with van der Waals surface area (Å²) in [5, 5.41) is 2.65. The third kappa shape index (κ3) is 4.83. The van der Waals surface area contributed by atoms with Crippen molar-refractivity contribution in [3.63, 3.8) is 0 Å². The van der Waals surface area contributed by atoms with Crippen molar-refractivity contribution in [2.45, 2.75) is 12.8 Å². The van der Waals surface area contributed by atoms with Crippen LogP contribution in [0.1, 0.15) is 12.0 Å². The lowest BCUT2D eigenvalue weighted by atomic mass is 10.1. The zero-order chi connectivity index (χ0) is 16.5. The van der Waals surface area contributed by atoms with Gasteiger partial charge in [-0.25, -0.2) is 0 Å². The molecule has 22 heavy (non-hydrogen) atoms. The molecule has 0 bridgehead atoms. The fraction of sp³-hybridized carbons (Fsp3) is 0.467. The van der Waals surface area contributed by atoms with E-state index in [0.717, 1.165) is 0 Å². The van der Waals surface area contributed by atoms with E-state index in [0.29, 0.717) is 22.8 Å². The van der Waals surface area contributed by atoms with Crippen molar-refractivity contribution in [2.24, 2.45) is 0 Å². The minimum Gasteiger partial charge on any atom is -0.493 e. The van der Waals surface area contributed by atoms with Gasteiger partial charge < -0.3 is 24.3 Å². The zero-order valence-electron chi connectivity index (χ0n) is 13.2. The molecular weight excluding hydrogens is 290 g/mol. The third-order valence-electron chi connectivity index (χ3n) is 2.97. The second kappa shape index (κ2) is 8.76. The number of nitrogens with one attached hydrogen (secondary N) is 1. The summed E-state index contributed by atoms with van der Waals surface area (Å²) >= 11 is 0. The molecule has 7 nitrogen and oxygen atoms in total. The Kier molecular flexibility index (Phi) is 7.01. The SMILES string of the molecule is COC(=O)CCNC(=O)Cc1cc(OC)c(OC)c(OC)c1. The normalized spacial score (nSPS) is 9.82. The Morgan fingerprint density at radius 3 is 2.05 bits per heavy atom. The van der Waals surface area contributed by atoms with Crippen LogP contribution in [-0.4, -0.2) is 46.9 Å². The fourth-order valence-corrected chi connectivity index (χ4v) is 1.89. The molecule has 0 fully saturated rings. The molecule has 0 aromatic heterocycles. The average Bonchev–Trinajstić information content (AvgIpc) is 2.53. The second-order valence-corrected chi connectivity index (χ2v) is 4.39. The summed E-state index contributed by atoms with van der Waals surface area (Å²) in [6.45, 7) is 0.232. The van der Waals surface area contributed by atoms with Crippen LogP contribution in [0.15, 0.2) is 12.1 Å². The molecule has 1 aromatic carbocycles. The predicted octanol–water partition coefficient (Wildman–Crippen LogP) is 0.934. The van der Waals surface area contributed by atoms with Gasteiger partial charge >= 0.3 is 5.97 Å². The monoisotopic (exact) mass is 311 g/mol. The first-order chi connectivity index (χ1) is 10.5. The van der Waals surface area contributed by atoms with E-state index >= 15 is 0 Å². The molecule has 122 valence electrons. The quantitative estimate of drug-likeness (QED) is 0.719. The van der Waals surface area contributed by atoms with E-state index in [1.54, 1.807) is 12.1 Å². The van der Waals surface area contributed by atoms with Gasteiger partial charge in [0, 0.05) is 6.54 Å². The molecule has 1 rings (SSSR count). The molecule has 0 aliphatic heterocycles. The van der Waals surface area contributed by atoms with E-state index < -0.39 is 0 Å². The Balaban J connectivity index is 2.72. The first-order valence-electron chi connectivity index (χ1n) is 6.68. The highest BCUT2D eigenvalue weighted by atomic mass is 16.5. The van der Waals surface area contributed by atoms with Crippen LogP contribution in [0.2, 0.25) is 0 Å². The van der Waals surface area contributed by atoms with Crippen LogP contribution in [0.4, 0.5) is 0 Å². The minimum absolute atomic E-state index is 0.136. The summed E-state index contributed by atoms with van der Waals surface area (Å²) in [7, 11) is 5.84. The lowest BCUT2D eigenvalue weighted by Gasteiger charge is -2.14. The highest BCUT2D eigenvalue weighted by Crippen LogP contribution is 2.38. The average molecular weight is 311 g/mol. The summed E-state index contributed by atoms with van der Waals surface area (Å²) < 4.78 is 20.2. The molecule has 0 spiro atoms. The van der Waals surface area contributed by atoms with Gasteiger partial charge in [-0.2, -0.15) is 0 Å². The topological polar surface area (TPSA) is 83.1 Å². The lowest BCUT2D eigenvalue weighted by molar-refractivity contribution is -0.140. The number of esters is 1. The number of ether oxygens (including phenoxy) is 4. The van der Waals surface area contributed by atoms with Gasteiger partial charge in [0.2, 0.25) is 11.7 Å². The number of benzene rings is 1. The first kappa shape index (κ1) is 17.6. The van der Waals surface area contributed by atoms with Gasteiger partial charge in [0.05, 0.1) is 41.3 Å². The molecular formula is C15H21NO6. The van der Waals surface area contributed by atoms with Crippen LogP contribution in [-0.2, 0) is 20.7 Å². The van der Waals surface area contributed by atoms with Crippen LogP contribution in [0.25, 0.3) is 0 Å². The fourth-order valence-electron chi connectivity index (χ4n) is 1.89. The Labute approximate surface area is 129 Å². The number of methoxy groups -OCH3 is 4. The summed E-state index contributed by atoms with van der Waals surface area (Å²) in [6.07, 6.45) is 0.273. The Bertz CT molecular complexity index is 504. The molecule has 0 saturated heterocycles. The van der Waals surface area contributed by atoms with Crippen molar-refractivity contribution >= 4 is 11.9 Å². The van der Waals surface area contributed by atoms with E-state index in [9.17, 15) is 9.59 Å². The van der Waals surface area contributed by atoms with Crippen molar-refractivity contribution < 1.29 is 28.5 Å². The molecule has 0 aliphatic rings. The Hall–Kier alpha value is -2.44. The third-order valence-corrected chi connectivity index (χ3v) is 2.97. The minimum atomic E-state index is -0.368. The first-order valence-corrected chi connectivity index (χ1v) is 6.68. The van der Waals surface area contributed by atoms with E-state index in [-0.39, 0.29) is 31.3 Å². The second-order valence-electron chi connectivity index (χ2n) is 4.39. The number of carbonyl (C=O) groups is 2. The van der Waals surface area contributed by atoms with Crippen molar-refractivity contribution in [3.8, 4) is 17.2 Å². The molecule has 1 N–H and O–H groups in total. The Morgan fingerprint density at radius 2 is 1.59 bits per heavy atom. The van der Waals surface area contributed by atoms with Gasteiger partial charge in [0.25, 0.3) is 0 Å². The van der Waals surface area contributed by atoms with Crippen LogP contribution in [0.5, 0.6) is 17.2 Å².